The van der Waals surface area contributed by atoms with E-state index in [0.29, 0.717) is 17.2 Å². The Bertz CT molecular complexity index is 925. The maximum atomic E-state index is 13.1. The number of carbonyl (C=O) groups is 2. The number of amides is 2. The third-order valence-corrected chi connectivity index (χ3v) is 4.14. The van der Waals surface area contributed by atoms with Crippen molar-refractivity contribution in [3.05, 3.63) is 65.1 Å². The molecule has 0 saturated heterocycles. The number of anilines is 2. The molecule has 0 spiro atoms. The molecule has 3 rings (SSSR count). The van der Waals surface area contributed by atoms with Gasteiger partial charge in [-0.05, 0) is 30.7 Å². The second kappa shape index (κ2) is 7.87. The predicted molar refractivity (Wildman–Crippen MR) is 92.1 cm³/mol. The Balaban J connectivity index is 1.50. The number of furan rings is 1. The molecule has 3 aromatic rings. The minimum Gasteiger partial charge on any atom is -0.459 e. The van der Waals surface area contributed by atoms with E-state index in [0.717, 1.165) is 12.1 Å². The molecule has 6 nitrogen and oxygen atoms in total. The van der Waals surface area contributed by atoms with E-state index in [2.05, 4.69) is 15.6 Å². The number of aromatic nitrogens is 1. The normalized spacial score (nSPS) is 10.5. The molecule has 0 atom stereocenters. The van der Waals surface area contributed by atoms with Gasteiger partial charge >= 0.3 is 0 Å². The Morgan fingerprint density at radius 1 is 1.15 bits per heavy atom. The van der Waals surface area contributed by atoms with E-state index in [9.17, 15) is 18.4 Å². The van der Waals surface area contributed by atoms with Crippen LogP contribution in [-0.2, 0) is 11.2 Å². The van der Waals surface area contributed by atoms with Crippen LogP contribution in [-0.4, -0.2) is 16.8 Å². The molecule has 0 aliphatic carbocycles. The van der Waals surface area contributed by atoms with Crippen molar-refractivity contribution >= 4 is 34.0 Å². The Labute approximate surface area is 150 Å². The second-order valence-electron chi connectivity index (χ2n) is 5.25. The lowest BCUT2D eigenvalue weighted by Crippen LogP contribution is -2.13. The van der Waals surface area contributed by atoms with E-state index in [1.807, 2.05) is 0 Å². The number of hydrogen-bond acceptors (Lipinski definition) is 5. The molecule has 9 heteroatoms. The summed E-state index contributed by atoms with van der Waals surface area (Å²) in [6, 6.07) is 6.28. The number of hydrogen-bond donors (Lipinski definition) is 2. The first-order valence-electron chi connectivity index (χ1n) is 7.55. The number of nitrogens with zero attached hydrogens (tertiary/aromatic N) is 1. The van der Waals surface area contributed by atoms with E-state index >= 15 is 0 Å². The Kier molecular flexibility index (Phi) is 5.37. The summed E-state index contributed by atoms with van der Waals surface area (Å²) >= 11 is 1.23. The Hall–Kier alpha value is -3.07. The SMILES string of the molecule is O=C(CCc1csc(NC(=O)c2ccco2)n1)Nc1ccc(F)c(F)c1. The Morgan fingerprint density at radius 3 is 2.73 bits per heavy atom. The summed E-state index contributed by atoms with van der Waals surface area (Å²) < 4.78 is 31.0. The van der Waals surface area contributed by atoms with Crippen molar-refractivity contribution in [1.29, 1.82) is 0 Å². The number of carbonyl (C=O) groups excluding carboxylic acids is 2. The van der Waals surface area contributed by atoms with E-state index in [1.165, 1.54) is 29.7 Å². The van der Waals surface area contributed by atoms with Gasteiger partial charge in [0.25, 0.3) is 5.91 Å². The minimum absolute atomic E-state index is 0.105. The Morgan fingerprint density at radius 2 is 2.00 bits per heavy atom. The quantitative estimate of drug-likeness (QED) is 0.684. The lowest BCUT2D eigenvalue weighted by atomic mass is 10.2. The number of nitrogens with one attached hydrogen (secondary N) is 2. The molecule has 0 fully saturated rings. The zero-order valence-corrected chi connectivity index (χ0v) is 14.1. The van der Waals surface area contributed by atoms with Gasteiger partial charge in [0.15, 0.2) is 22.5 Å². The van der Waals surface area contributed by atoms with Crippen LogP contribution in [0.15, 0.2) is 46.4 Å². The second-order valence-corrected chi connectivity index (χ2v) is 6.11. The fourth-order valence-electron chi connectivity index (χ4n) is 2.08. The van der Waals surface area contributed by atoms with Crippen molar-refractivity contribution in [3.8, 4) is 0 Å². The van der Waals surface area contributed by atoms with Crippen molar-refractivity contribution in [3.63, 3.8) is 0 Å². The smallest absolute Gasteiger partial charge is 0.293 e. The molecule has 2 amide bonds. The molecule has 0 aliphatic heterocycles. The van der Waals surface area contributed by atoms with Gasteiger partial charge in [-0.25, -0.2) is 13.8 Å². The number of halogens is 2. The highest BCUT2D eigenvalue weighted by molar-refractivity contribution is 7.13. The van der Waals surface area contributed by atoms with Gasteiger partial charge in [-0.3, -0.25) is 14.9 Å². The molecule has 2 aromatic heterocycles. The standard InChI is InChI=1S/C17H13F2N3O3S/c18-12-5-3-10(8-13(12)19)20-15(23)6-4-11-9-26-17(21-11)22-16(24)14-2-1-7-25-14/h1-3,5,7-9H,4,6H2,(H,20,23)(H,21,22,24). The largest absolute Gasteiger partial charge is 0.459 e. The third-order valence-electron chi connectivity index (χ3n) is 3.33. The number of aryl methyl sites for hydroxylation is 1. The third kappa shape index (κ3) is 4.51. The van der Waals surface area contributed by atoms with E-state index in [-0.39, 0.29) is 23.8 Å². The van der Waals surface area contributed by atoms with Gasteiger partial charge < -0.3 is 9.73 Å². The number of thiazole rings is 1. The van der Waals surface area contributed by atoms with E-state index < -0.39 is 17.5 Å². The lowest BCUT2D eigenvalue weighted by Gasteiger charge is -2.05. The van der Waals surface area contributed by atoms with Crippen molar-refractivity contribution in [2.24, 2.45) is 0 Å². The topological polar surface area (TPSA) is 84.2 Å². The summed E-state index contributed by atoms with van der Waals surface area (Å²) in [7, 11) is 0. The van der Waals surface area contributed by atoms with Gasteiger partial charge in [0, 0.05) is 23.6 Å². The molecule has 1 aromatic carbocycles. The zero-order chi connectivity index (χ0) is 18.5. The molecule has 0 radical (unpaired) electrons. The van der Waals surface area contributed by atoms with Crippen LogP contribution >= 0.6 is 11.3 Å². The summed E-state index contributed by atoms with van der Waals surface area (Å²) in [6.07, 6.45) is 1.84. The van der Waals surface area contributed by atoms with Gasteiger partial charge in [0.05, 0.1) is 12.0 Å². The zero-order valence-electron chi connectivity index (χ0n) is 13.3. The van der Waals surface area contributed by atoms with Crippen molar-refractivity contribution in [1.82, 2.24) is 4.98 Å². The molecular weight excluding hydrogens is 364 g/mol. The van der Waals surface area contributed by atoms with E-state index in [4.69, 9.17) is 4.42 Å². The maximum absolute atomic E-state index is 13.1. The summed E-state index contributed by atoms with van der Waals surface area (Å²) in [4.78, 5) is 28.0. The fraction of sp³-hybridized carbons (Fsp3) is 0.118. The van der Waals surface area contributed by atoms with Crippen molar-refractivity contribution < 1.29 is 22.8 Å². The van der Waals surface area contributed by atoms with Crippen molar-refractivity contribution in [2.45, 2.75) is 12.8 Å². The average molecular weight is 377 g/mol. The van der Waals surface area contributed by atoms with E-state index in [1.54, 1.807) is 11.4 Å². The molecule has 0 unspecified atom stereocenters. The van der Waals surface area contributed by atoms with Gasteiger partial charge in [-0.15, -0.1) is 11.3 Å². The molecule has 2 N–H and O–H groups in total. The van der Waals surface area contributed by atoms with Gasteiger partial charge in [-0.2, -0.15) is 0 Å². The van der Waals surface area contributed by atoms with Crippen molar-refractivity contribution in [2.75, 3.05) is 10.6 Å². The van der Waals surface area contributed by atoms with Gasteiger partial charge in [-0.1, -0.05) is 0 Å². The van der Waals surface area contributed by atoms with Gasteiger partial charge in [0.1, 0.15) is 0 Å². The molecule has 26 heavy (non-hydrogen) atoms. The monoisotopic (exact) mass is 377 g/mol. The number of benzene rings is 1. The summed E-state index contributed by atoms with van der Waals surface area (Å²) in [5, 5.41) is 7.20. The van der Waals surface area contributed by atoms with Crippen LogP contribution < -0.4 is 10.6 Å². The first-order chi connectivity index (χ1) is 12.5. The highest BCUT2D eigenvalue weighted by Gasteiger charge is 2.12. The summed E-state index contributed by atoms with van der Waals surface area (Å²) in [6.45, 7) is 0. The molecule has 2 heterocycles. The van der Waals surface area contributed by atoms with Crippen LogP contribution in [0.4, 0.5) is 19.6 Å². The molecule has 0 bridgehead atoms. The predicted octanol–water partition coefficient (Wildman–Crippen LogP) is 3.84. The number of rotatable bonds is 6. The van der Waals surface area contributed by atoms with Crippen LogP contribution in [0.2, 0.25) is 0 Å². The first kappa shape index (κ1) is 17.7. The fourth-order valence-corrected chi connectivity index (χ4v) is 2.82. The first-order valence-corrected chi connectivity index (χ1v) is 8.43. The van der Waals surface area contributed by atoms with Crippen LogP contribution in [0.25, 0.3) is 0 Å². The minimum atomic E-state index is -1.03. The average Bonchev–Trinajstić information content (AvgIpc) is 3.28. The maximum Gasteiger partial charge on any atom is 0.293 e. The lowest BCUT2D eigenvalue weighted by molar-refractivity contribution is -0.116. The molecular formula is C17H13F2N3O3S. The van der Waals surface area contributed by atoms with Gasteiger partial charge in [0.2, 0.25) is 5.91 Å². The molecule has 134 valence electrons. The summed E-state index contributed by atoms with van der Waals surface area (Å²) in [5.41, 5.74) is 0.809. The summed E-state index contributed by atoms with van der Waals surface area (Å²) in [5.74, 6) is -2.60. The van der Waals surface area contributed by atoms with Crippen LogP contribution in [0.3, 0.4) is 0 Å². The highest BCUT2D eigenvalue weighted by Crippen LogP contribution is 2.18. The molecule has 0 saturated carbocycles. The highest BCUT2D eigenvalue weighted by atomic mass is 32.1. The van der Waals surface area contributed by atoms with Crippen LogP contribution in [0, 0.1) is 11.6 Å². The van der Waals surface area contributed by atoms with Crippen LogP contribution in [0.1, 0.15) is 22.7 Å². The molecule has 0 aliphatic rings. The van der Waals surface area contributed by atoms with Crippen LogP contribution in [0.5, 0.6) is 0 Å².